The molecule has 0 radical (unpaired) electrons. The molecule has 1 aliphatic rings. The molecule has 3 N–H and O–H groups in total. The standard InChI is InChI=1S/C28H37ClN6O/c1-19(2)16-30-17-21-7-5-6-8-26(21)32-27-24(29)18-31-28(34-27)33-25-10-9-23(15-20(25)3)36-22-11-13-35(4)14-12-22/h5-10,15,18-19,22,30H,11-14,16-17H2,1-4H3,(H2,31,32,33,34). The van der Waals surface area contributed by atoms with Crippen LogP contribution in [0.3, 0.4) is 0 Å². The maximum Gasteiger partial charge on any atom is 0.229 e. The number of nitrogens with one attached hydrogen (secondary N) is 3. The monoisotopic (exact) mass is 508 g/mol. The van der Waals surface area contributed by atoms with Crippen molar-refractivity contribution in [2.24, 2.45) is 5.92 Å². The highest BCUT2D eigenvalue weighted by Gasteiger charge is 2.18. The van der Waals surface area contributed by atoms with Crippen molar-refractivity contribution in [2.75, 3.05) is 37.3 Å². The van der Waals surface area contributed by atoms with E-state index in [0.717, 1.165) is 67.3 Å². The van der Waals surface area contributed by atoms with Gasteiger partial charge in [-0.05, 0) is 74.7 Å². The molecule has 2 heterocycles. The van der Waals surface area contributed by atoms with Gasteiger partial charge in [0.1, 0.15) is 16.9 Å². The number of halogens is 1. The van der Waals surface area contributed by atoms with Gasteiger partial charge in [-0.1, -0.05) is 43.6 Å². The van der Waals surface area contributed by atoms with Gasteiger partial charge in [0.25, 0.3) is 0 Å². The Labute approximate surface area is 219 Å². The third-order valence-electron chi connectivity index (χ3n) is 6.30. The fourth-order valence-corrected chi connectivity index (χ4v) is 4.34. The molecule has 1 fully saturated rings. The summed E-state index contributed by atoms with van der Waals surface area (Å²) in [4.78, 5) is 11.4. The number of para-hydroxylation sites is 1. The number of aryl methyl sites for hydroxylation is 1. The third-order valence-corrected chi connectivity index (χ3v) is 6.57. The Hall–Kier alpha value is -2.87. The summed E-state index contributed by atoms with van der Waals surface area (Å²) < 4.78 is 6.22. The number of aromatic nitrogens is 2. The Kier molecular flexibility index (Phi) is 9.02. The molecule has 1 aliphatic heterocycles. The topological polar surface area (TPSA) is 74.3 Å². The van der Waals surface area contributed by atoms with E-state index in [1.165, 1.54) is 0 Å². The second kappa shape index (κ2) is 12.4. The second-order valence-corrected chi connectivity index (χ2v) is 10.3. The smallest absolute Gasteiger partial charge is 0.229 e. The SMILES string of the molecule is Cc1cc(OC2CCN(C)CC2)ccc1Nc1ncc(Cl)c(Nc2ccccc2CNCC(C)C)n1. The summed E-state index contributed by atoms with van der Waals surface area (Å²) in [6, 6.07) is 14.3. The molecule has 0 atom stereocenters. The van der Waals surface area contributed by atoms with Crippen LogP contribution in [0.1, 0.15) is 37.8 Å². The Balaban J connectivity index is 1.43. The largest absolute Gasteiger partial charge is 0.490 e. The van der Waals surface area contributed by atoms with Gasteiger partial charge in [-0.25, -0.2) is 4.98 Å². The van der Waals surface area contributed by atoms with Gasteiger partial charge in [-0.2, -0.15) is 4.98 Å². The van der Waals surface area contributed by atoms with Crippen molar-refractivity contribution in [3.05, 3.63) is 64.8 Å². The molecule has 36 heavy (non-hydrogen) atoms. The lowest BCUT2D eigenvalue weighted by molar-refractivity contribution is 0.114. The van der Waals surface area contributed by atoms with Crippen LogP contribution < -0.4 is 20.7 Å². The average Bonchev–Trinajstić information content (AvgIpc) is 2.85. The minimum atomic E-state index is 0.274. The van der Waals surface area contributed by atoms with Gasteiger partial charge >= 0.3 is 0 Å². The van der Waals surface area contributed by atoms with Gasteiger partial charge < -0.3 is 25.6 Å². The Morgan fingerprint density at radius 3 is 2.61 bits per heavy atom. The first-order chi connectivity index (χ1) is 17.4. The number of hydrogen-bond donors (Lipinski definition) is 3. The molecule has 0 saturated carbocycles. The Morgan fingerprint density at radius 1 is 1.08 bits per heavy atom. The zero-order chi connectivity index (χ0) is 25.5. The predicted molar refractivity (Wildman–Crippen MR) is 149 cm³/mol. The first kappa shape index (κ1) is 26.2. The van der Waals surface area contributed by atoms with E-state index in [1.807, 2.05) is 30.3 Å². The molecule has 7 nitrogen and oxygen atoms in total. The molecule has 0 amide bonds. The van der Waals surface area contributed by atoms with E-state index in [4.69, 9.17) is 16.3 Å². The summed E-state index contributed by atoms with van der Waals surface area (Å²) in [5.74, 6) is 2.53. The van der Waals surface area contributed by atoms with Gasteiger partial charge in [0, 0.05) is 31.0 Å². The average molecular weight is 509 g/mol. The molecule has 4 rings (SSSR count). The summed E-state index contributed by atoms with van der Waals surface area (Å²) in [7, 11) is 2.16. The van der Waals surface area contributed by atoms with E-state index in [0.29, 0.717) is 22.7 Å². The van der Waals surface area contributed by atoms with Crippen LogP contribution in [0.2, 0.25) is 5.02 Å². The van der Waals surface area contributed by atoms with E-state index in [9.17, 15) is 0 Å². The van der Waals surface area contributed by atoms with Crippen molar-refractivity contribution >= 4 is 34.7 Å². The van der Waals surface area contributed by atoms with E-state index in [1.54, 1.807) is 6.20 Å². The highest BCUT2D eigenvalue weighted by Crippen LogP contribution is 2.29. The van der Waals surface area contributed by atoms with Crippen LogP contribution in [0, 0.1) is 12.8 Å². The van der Waals surface area contributed by atoms with E-state index in [2.05, 4.69) is 70.8 Å². The van der Waals surface area contributed by atoms with Crippen LogP contribution in [0.5, 0.6) is 5.75 Å². The normalized spacial score (nSPS) is 14.7. The van der Waals surface area contributed by atoms with Gasteiger partial charge in [0.2, 0.25) is 5.95 Å². The number of rotatable bonds is 10. The first-order valence-corrected chi connectivity index (χ1v) is 13.1. The van der Waals surface area contributed by atoms with Crippen LogP contribution in [0.25, 0.3) is 0 Å². The summed E-state index contributed by atoms with van der Waals surface area (Å²) in [5.41, 5.74) is 4.11. The van der Waals surface area contributed by atoms with E-state index >= 15 is 0 Å². The molecule has 0 spiro atoms. The maximum absolute atomic E-state index is 6.45. The number of nitrogens with zero attached hydrogens (tertiary/aromatic N) is 3. The minimum Gasteiger partial charge on any atom is -0.490 e. The molecule has 192 valence electrons. The lowest BCUT2D eigenvalue weighted by Crippen LogP contribution is -2.35. The quantitative estimate of drug-likeness (QED) is 0.303. The van der Waals surface area contributed by atoms with Crippen molar-refractivity contribution in [3.63, 3.8) is 0 Å². The molecular weight excluding hydrogens is 472 g/mol. The minimum absolute atomic E-state index is 0.274. The number of likely N-dealkylation sites (tertiary alicyclic amines) is 1. The first-order valence-electron chi connectivity index (χ1n) is 12.7. The molecule has 0 aliphatic carbocycles. The molecule has 3 aromatic rings. The highest BCUT2D eigenvalue weighted by atomic mass is 35.5. The zero-order valence-electron chi connectivity index (χ0n) is 21.6. The highest BCUT2D eigenvalue weighted by molar-refractivity contribution is 6.32. The van der Waals surface area contributed by atoms with Crippen molar-refractivity contribution < 1.29 is 4.74 Å². The number of hydrogen-bond acceptors (Lipinski definition) is 7. The summed E-state index contributed by atoms with van der Waals surface area (Å²) in [6.45, 7) is 10.3. The number of ether oxygens (including phenoxy) is 1. The van der Waals surface area contributed by atoms with Crippen LogP contribution in [0.4, 0.5) is 23.1 Å². The van der Waals surface area contributed by atoms with Crippen molar-refractivity contribution in [1.29, 1.82) is 0 Å². The second-order valence-electron chi connectivity index (χ2n) is 9.92. The van der Waals surface area contributed by atoms with Crippen molar-refractivity contribution in [2.45, 2.75) is 46.3 Å². The van der Waals surface area contributed by atoms with Crippen molar-refractivity contribution in [1.82, 2.24) is 20.2 Å². The summed E-state index contributed by atoms with van der Waals surface area (Å²) >= 11 is 6.45. The maximum atomic E-state index is 6.45. The molecule has 0 bridgehead atoms. The van der Waals surface area contributed by atoms with E-state index < -0.39 is 0 Å². The molecule has 2 aromatic carbocycles. The molecule has 0 unspecified atom stereocenters. The summed E-state index contributed by atoms with van der Waals surface area (Å²) in [5, 5.41) is 10.7. The zero-order valence-corrected chi connectivity index (χ0v) is 22.4. The molecule has 1 aromatic heterocycles. The lowest BCUT2D eigenvalue weighted by Gasteiger charge is -2.29. The Morgan fingerprint density at radius 2 is 1.86 bits per heavy atom. The van der Waals surface area contributed by atoms with Crippen LogP contribution in [-0.2, 0) is 6.54 Å². The lowest BCUT2D eigenvalue weighted by atomic mass is 10.1. The fraction of sp³-hybridized carbons (Fsp3) is 0.429. The Bertz CT molecular complexity index is 1150. The number of piperidine rings is 1. The van der Waals surface area contributed by atoms with Gasteiger partial charge in [0.15, 0.2) is 5.82 Å². The van der Waals surface area contributed by atoms with E-state index in [-0.39, 0.29) is 6.10 Å². The number of anilines is 4. The molecule has 1 saturated heterocycles. The van der Waals surface area contributed by atoms with Crippen LogP contribution in [-0.4, -0.2) is 47.7 Å². The van der Waals surface area contributed by atoms with Gasteiger partial charge in [0.05, 0.1) is 6.20 Å². The van der Waals surface area contributed by atoms with Crippen LogP contribution >= 0.6 is 11.6 Å². The summed E-state index contributed by atoms with van der Waals surface area (Å²) in [6.07, 6.45) is 4.00. The molecule has 8 heteroatoms. The van der Waals surface area contributed by atoms with Crippen LogP contribution in [0.15, 0.2) is 48.7 Å². The fourth-order valence-electron chi connectivity index (χ4n) is 4.20. The van der Waals surface area contributed by atoms with Gasteiger partial charge in [-0.15, -0.1) is 0 Å². The predicted octanol–water partition coefficient (Wildman–Crippen LogP) is 6.14. The van der Waals surface area contributed by atoms with Crippen molar-refractivity contribution in [3.8, 4) is 5.75 Å². The molecular formula is C28H37ClN6O. The van der Waals surface area contributed by atoms with Gasteiger partial charge in [-0.3, -0.25) is 0 Å². The third kappa shape index (κ3) is 7.32. The number of benzene rings is 2.